The summed E-state index contributed by atoms with van der Waals surface area (Å²) in [6.45, 7) is 2.65. The molecule has 2 rings (SSSR count). The number of nitrogens with zero attached hydrogens (tertiary/aromatic N) is 2. The van der Waals surface area contributed by atoms with Crippen LogP contribution in [0.1, 0.15) is 6.92 Å². The third-order valence-corrected chi connectivity index (χ3v) is 2.01. The first-order chi connectivity index (χ1) is 8.70. The van der Waals surface area contributed by atoms with Gasteiger partial charge in [-0.3, -0.25) is 10.1 Å². The summed E-state index contributed by atoms with van der Waals surface area (Å²) in [6.07, 6.45) is 1.75. The second-order valence-corrected chi connectivity index (χ2v) is 3.43. The van der Waals surface area contributed by atoms with Gasteiger partial charge < -0.3 is 17.3 Å². The predicted octanol–water partition coefficient (Wildman–Crippen LogP) is 2.95. The molecule has 1 aromatic carbocycles. The second kappa shape index (κ2) is 5.68. The molecular formula is C9H9BF4N2O3. The zero-order valence-corrected chi connectivity index (χ0v) is 9.72. The average molecular weight is 280 g/mol. The number of hydrogen-bond donors (Lipinski definition) is 0. The highest BCUT2D eigenvalue weighted by molar-refractivity contribution is 6.50. The number of nitro groups is 1. The van der Waals surface area contributed by atoms with Gasteiger partial charge in [-0.15, -0.1) is 0 Å². The van der Waals surface area contributed by atoms with Crippen LogP contribution in [-0.4, -0.2) is 12.2 Å². The van der Waals surface area contributed by atoms with Crippen LogP contribution in [0, 0.1) is 10.1 Å². The minimum Gasteiger partial charge on any atom is -0.418 e. The van der Waals surface area contributed by atoms with Crippen LogP contribution >= 0.6 is 0 Å². The van der Waals surface area contributed by atoms with Crippen LogP contribution in [0.5, 0.6) is 0 Å². The van der Waals surface area contributed by atoms with Gasteiger partial charge in [0, 0.05) is 12.1 Å². The van der Waals surface area contributed by atoms with Crippen molar-refractivity contribution in [3.63, 3.8) is 0 Å². The summed E-state index contributed by atoms with van der Waals surface area (Å²) >= 11 is 0. The van der Waals surface area contributed by atoms with E-state index in [0.29, 0.717) is 12.1 Å². The third kappa shape index (κ3) is 4.94. The summed E-state index contributed by atoms with van der Waals surface area (Å²) in [7, 11) is -6.00. The average Bonchev–Trinajstić information content (AvgIpc) is 2.68. The molecule has 5 nitrogen and oxygen atoms in total. The van der Waals surface area contributed by atoms with E-state index >= 15 is 0 Å². The Morgan fingerprint density at radius 1 is 1.37 bits per heavy atom. The van der Waals surface area contributed by atoms with Crippen molar-refractivity contribution in [2.24, 2.45) is 0 Å². The van der Waals surface area contributed by atoms with Crippen LogP contribution in [-0.2, 0) is 6.54 Å². The summed E-state index contributed by atoms with van der Waals surface area (Å²) < 4.78 is 46.0. The normalized spacial score (nSPS) is 11.0. The number of hydrogen-bond acceptors (Lipinski definition) is 3. The Bertz CT molecular complexity index is 578. The third-order valence-electron chi connectivity index (χ3n) is 2.01. The van der Waals surface area contributed by atoms with Crippen LogP contribution in [0.2, 0.25) is 0 Å². The molecule has 0 aliphatic carbocycles. The van der Waals surface area contributed by atoms with Gasteiger partial charge in [-0.1, -0.05) is 0 Å². The fraction of sp³-hybridized carbons (Fsp3) is 0.222. The first-order valence-corrected chi connectivity index (χ1v) is 5.16. The number of non-ortho nitro benzene ring substituents is 1. The van der Waals surface area contributed by atoms with Crippen molar-refractivity contribution in [3.8, 4) is 0 Å². The molecular weight excluding hydrogens is 271 g/mol. The van der Waals surface area contributed by atoms with E-state index in [1.807, 2.05) is 6.92 Å². The number of halogens is 4. The number of benzene rings is 1. The lowest BCUT2D eigenvalue weighted by Crippen LogP contribution is -2.27. The predicted molar refractivity (Wildman–Crippen MR) is 58.9 cm³/mol. The Morgan fingerprint density at radius 2 is 1.95 bits per heavy atom. The standard InChI is InChI=1S/C9H9N2O3.BF4/c1-2-10-6-7-5-8(11(12)13)3-4-9(7)14-10;2-1(3,4)5/h3-6H,2H2,1H3;/q+1;-1. The SMILES string of the molecule is CC[n+]1cc2cc([N+](=O)[O-])ccc2o1.F[B-](F)(F)F. The fourth-order valence-electron chi connectivity index (χ4n) is 1.30. The monoisotopic (exact) mass is 280 g/mol. The molecule has 0 bridgehead atoms. The van der Waals surface area contributed by atoms with Gasteiger partial charge in [-0.25, -0.2) is 4.52 Å². The van der Waals surface area contributed by atoms with Crippen molar-refractivity contribution in [2.75, 3.05) is 0 Å². The van der Waals surface area contributed by atoms with Crippen LogP contribution < -0.4 is 4.74 Å². The molecule has 0 amide bonds. The molecule has 0 saturated carbocycles. The minimum atomic E-state index is -6.00. The number of fused-ring (bicyclic) bond motifs is 1. The lowest BCUT2D eigenvalue weighted by atomic mass is 10.2. The van der Waals surface area contributed by atoms with Crippen LogP contribution in [0.15, 0.2) is 28.9 Å². The zero-order chi connectivity index (χ0) is 14.6. The first-order valence-electron chi connectivity index (χ1n) is 5.16. The molecule has 1 heterocycles. The molecule has 0 aliphatic rings. The van der Waals surface area contributed by atoms with Crippen molar-refractivity contribution < 1.29 is 31.4 Å². The Kier molecular flexibility index (Phi) is 4.46. The van der Waals surface area contributed by atoms with Crippen molar-refractivity contribution in [2.45, 2.75) is 13.5 Å². The van der Waals surface area contributed by atoms with Gasteiger partial charge >= 0.3 is 7.25 Å². The lowest BCUT2D eigenvalue weighted by molar-refractivity contribution is -0.857. The van der Waals surface area contributed by atoms with Crippen molar-refractivity contribution in [1.82, 2.24) is 0 Å². The van der Waals surface area contributed by atoms with E-state index in [-0.39, 0.29) is 5.69 Å². The molecule has 0 fully saturated rings. The maximum Gasteiger partial charge on any atom is 0.673 e. The summed E-state index contributed by atoms with van der Waals surface area (Å²) in [6, 6.07) is 4.55. The highest BCUT2D eigenvalue weighted by Gasteiger charge is 2.20. The number of aryl methyl sites for hydroxylation is 1. The van der Waals surface area contributed by atoms with Crippen molar-refractivity contribution >= 4 is 23.9 Å². The van der Waals surface area contributed by atoms with E-state index in [1.54, 1.807) is 17.0 Å². The molecule has 0 atom stereocenters. The Morgan fingerprint density at radius 3 is 2.42 bits per heavy atom. The Labute approximate surface area is 104 Å². The maximum absolute atomic E-state index is 10.5. The maximum atomic E-state index is 10.5. The molecule has 0 spiro atoms. The van der Waals surface area contributed by atoms with Gasteiger partial charge in [0.2, 0.25) is 11.8 Å². The molecule has 0 unspecified atom stereocenters. The fourth-order valence-corrected chi connectivity index (χ4v) is 1.30. The molecule has 0 radical (unpaired) electrons. The quantitative estimate of drug-likeness (QED) is 0.279. The van der Waals surface area contributed by atoms with E-state index in [2.05, 4.69) is 0 Å². The number of rotatable bonds is 2. The topological polar surface area (TPSA) is 60.2 Å². The summed E-state index contributed by atoms with van der Waals surface area (Å²) in [4.78, 5) is 10.1. The molecule has 1 aromatic heterocycles. The van der Waals surface area contributed by atoms with Crippen LogP contribution in [0.3, 0.4) is 0 Å². The van der Waals surface area contributed by atoms with Gasteiger partial charge in [-0.2, -0.15) is 0 Å². The van der Waals surface area contributed by atoms with E-state index in [1.165, 1.54) is 12.1 Å². The minimum absolute atomic E-state index is 0.0848. The highest BCUT2D eigenvalue weighted by atomic mass is 19.5. The molecule has 2 aromatic rings. The smallest absolute Gasteiger partial charge is 0.418 e. The van der Waals surface area contributed by atoms with Gasteiger partial charge in [0.1, 0.15) is 0 Å². The van der Waals surface area contributed by atoms with Gasteiger partial charge in [0.05, 0.1) is 10.3 Å². The molecule has 19 heavy (non-hydrogen) atoms. The molecule has 0 saturated heterocycles. The number of aromatic nitrogens is 1. The second-order valence-electron chi connectivity index (χ2n) is 3.43. The zero-order valence-electron chi connectivity index (χ0n) is 9.72. The Hall–Kier alpha value is -2.13. The van der Waals surface area contributed by atoms with Crippen molar-refractivity contribution in [1.29, 1.82) is 0 Å². The number of nitro benzene ring substituents is 1. The Balaban J connectivity index is 0.000000312. The van der Waals surface area contributed by atoms with E-state index in [4.69, 9.17) is 4.52 Å². The van der Waals surface area contributed by atoms with Gasteiger partial charge in [-0.05, 0) is 17.7 Å². The van der Waals surface area contributed by atoms with E-state index in [0.717, 1.165) is 5.39 Å². The molecule has 0 aliphatic heterocycles. The van der Waals surface area contributed by atoms with Crippen LogP contribution in [0.4, 0.5) is 23.0 Å². The van der Waals surface area contributed by atoms with Crippen molar-refractivity contribution in [3.05, 3.63) is 34.5 Å². The summed E-state index contributed by atoms with van der Waals surface area (Å²) in [5.41, 5.74) is 0.749. The first kappa shape index (κ1) is 14.9. The highest BCUT2D eigenvalue weighted by Crippen LogP contribution is 2.19. The summed E-state index contributed by atoms with van der Waals surface area (Å²) in [5, 5.41) is 11.2. The van der Waals surface area contributed by atoms with Gasteiger partial charge in [0.25, 0.3) is 5.69 Å². The molecule has 10 heteroatoms. The van der Waals surface area contributed by atoms with E-state index < -0.39 is 12.2 Å². The molecule has 0 N–H and O–H groups in total. The largest absolute Gasteiger partial charge is 0.673 e. The molecule has 104 valence electrons. The summed E-state index contributed by atoms with van der Waals surface area (Å²) in [5.74, 6) is 0. The van der Waals surface area contributed by atoms with Crippen LogP contribution in [0.25, 0.3) is 11.0 Å². The van der Waals surface area contributed by atoms with Gasteiger partial charge in [0.15, 0.2) is 6.54 Å². The lowest BCUT2D eigenvalue weighted by Gasteiger charge is -1.94. The van der Waals surface area contributed by atoms with E-state index in [9.17, 15) is 27.4 Å².